The Balaban J connectivity index is 1.74. The van der Waals surface area contributed by atoms with Crippen molar-refractivity contribution in [2.75, 3.05) is 19.7 Å². The van der Waals surface area contributed by atoms with Gasteiger partial charge in [0.25, 0.3) is 0 Å². The van der Waals surface area contributed by atoms with Crippen LogP contribution in [0.2, 0.25) is 5.02 Å². The van der Waals surface area contributed by atoms with Crippen LogP contribution in [-0.2, 0) is 6.61 Å². The van der Waals surface area contributed by atoms with E-state index in [0.29, 0.717) is 24.0 Å². The maximum absolute atomic E-state index is 6.22. The van der Waals surface area contributed by atoms with Crippen molar-refractivity contribution in [2.45, 2.75) is 33.3 Å². The Labute approximate surface area is 172 Å². The second-order valence-electron chi connectivity index (χ2n) is 6.95. The predicted molar refractivity (Wildman–Crippen MR) is 115 cm³/mol. The van der Waals surface area contributed by atoms with E-state index in [0.717, 1.165) is 40.9 Å². The van der Waals surface area contributed by atoms with Gasteiger partial charge in [-0.05, 0) is 49.9 Å². The third kappa shape index (κ3) is 5.14. The van der Waals surface area contributed by atoms with Crippen molar-refractivity contribution < 1.29 is 9.47 Å². The molecule has 1 heterocycles. The lowest BCUT2D eigenvalue weighted by molar-refractivity contribution is 0.269. The molecule has 5 heteroatoms. The van der Waals surface area contributed by atoms with Gasteiger partial charge in [-0.1, -0.05) is 48.9 Å². The van der Waals surface area contributed by atoms with Gasteiger partial charge in [-0.15, -0.1) is 0 Å². The highest BCUT2D eigenvalue weighted by atomic mass is 35.5. The highest BCUT2D eigenvalue weighted by Crippen LogP contribution is 2.31. The maximum Gasteiger partial charge on any atom is 0.161 e. The first kappa shape index (κ1) is 20.0. The summed E-state index contributed by atoms with van der Waals surface area (Å²) in [5.41, 5.74) is 1.96. The molecule has 0 atom stereocenters. The number of piperidine rings is 1. The summed E-state index contributed by atoms with van der Waals surface area (Å²) in [7, 11) is 0. The lowest BCUT2D eigenvalue weighted by atomic mass is 9.99. The first-order chi connectivity index (χ1) is 13.1. The molecule has 0 spiro atoms. The second kappa shape index (κ2) is 9.43. The average molecular weight is 404 g/mol. The lowest BCUT2D eigenvalue weighted by Gasteiger charge is -2.32. The van der Waals surface area contributed by atoms with Crippen LogP contribution in [0, 0.1) is 5.92 Å². The van der Waals surface area contributed by atoms with Crippen molar-refractivity contribution in [3.8, 4) is 11.5 Å². The highest BCUT2D eigenvalue weighted by molar-refractivity contribution is 7.80. The monoisotopic (exact) mass is 403 g/mol. The molecule has 1 saturated heterocycles. The Morgan fingerprint density at radius 1 is 1.11 bits per heavy atom. The van der Waals surface area contributed by atoms with Gasteiger partial charge in [0.1, 0.15) is 11.6 Å². The largest absolute Gasteiger partial charge is 0.490 e. The molecule has 0 N–H and O–H groups in total. The quantitative estimate of drug-likeness (QED) is 0.574. The van der Waals surface area contributed by atoms with E-state index in [4.69, 9.17) is 33.3 Å². The number of hydrogen-bond donors (Lipinski definition) is 0. The van der Waals surface area contributed by atoms with E-state index in [1.807, 2.05) is 49.4 Å². The van der Waals surface area contributed by atoms with Crippen molar-refractivity contribution in [2.24, 2.45) is 5.92 Å². The van der Waals surface area contributed by atoms with Crippen molar-refractivity contribution in [3.63, 3.8) is 0 Å². The van der Waals surface area contributed by atoms with Gasteiger partial charge in [0.2, 0.25) is 0 Å². The maximum atomic E-state index is 6.22. The molecule has 27 heavy (non-hydrogen) atoms. The molecular weight excluding hydrogens is 378 g/mol. The molecule has 0 saturated carbocycles. The molecule has 1 aliphatic rings. The molecule has 0 bridgehead atoms. The molecule has 0 amide bonds. The minimum Gasteiger partial charge on any atom is -0.490 e. The topological polar surface area (TPSA) is 21.7 Å². The Bertz CT molecular complexity index is 788. The van der Waals surface area contributed by atoms with Crippen LogP contribution in [-0.4, -0.2) is 29.6 Å². The third-order valence-corrected chi connectivity index (χ3v) is 5.76. The van der Waals surface area contributed by atoms with Gasteiger partial charge in [-0.3, -0.25) is 0 Å². The number of thiocarbonyl (C=S) groups is 1. The van der Waals surface area contributed by atoms with Gasteiger partial charge < -0.3 is 14.4 Å². The third-order valence-electron chi connectivity index (χ3n) is 4.90. The van der Waals surface area contributed by atoms with Crippen LogP contribution in [0.3, 0.4) is 0 Å². The number of ether oxygens (including phenoxy) is 2. The van der Waals surface area contributed by atoms with Gasteiger partial charge in [0.15, 0.2) is 11.5 Å². The SMILES string of the molecule is CCOc1cc(C(=S)N2CCC(C)CC2)ccc1OCc1ccccc1Cl. The van der Waals surface area contributed by atoms with E-state index >= 15 is 0 Å². The van der Waals surface area contributed by atoms with Gasteiger partial charge in [-0.2, -0.15) is 0 Å². The van der Waals surface area contributed by atoms with E-state index in [9.17, 15) is 0 Å². The standard InChI is InChI=1S/C22H26ClNO2S/c1-3-25-21-14-17(22(27)24-12-10-16(2)11-13-24)8-9-20(21)26-15-18-6-4-5-7-19(18)23/h4-9,14,16H,3,10-13,15H2,1-2H3. The van der Waals surface area contributed by atoms with Crippen LogP contribution < -0.4 is 9.47 Å². The molecule has 0 aliphatic carbocycles. The van der Waals surface area contributed by atoms with Gasteiger partial charge in [0, 0.05) is 29.2 Å². The molecule has 1 fully saturated rings. The first-order valence-corrected chi connectivity index (χ1v) is 10.3. The first-order valence-electron chi connectivity index (χ1n) is 9.50. The zero-order valence-electron chi connectivity index (χ0n) is 15.9. The fraction of sp³-hybridized carbons (Fsp3) is 0.409. The minimum atomic E-state index is 0.396. The molecule has 3 rings (SSSR count). The van der Waals surface area contributed by atoms with E-state index in [2.05, 4.69) is 11.8 Å². The summed E-state index contributed by atoms with van der Waals surface area (Å²) in [6.07, 6.45) is 2.38. The summed E-state index contributed by atoms with van der Waals surface area (Å²) in [6.45, 7) is 7.28. The van der Waals surface area contributed by atoms with E-state index < -0.39 is 0 Å². The molecule has 0 radical (unpaired) electrons. The Morgan fingerprint density at radius 3 is 2.56 bits per heavy atom. The van der Waals surface area contributed by atoms with Crippen LogP contribution in [0.25, 0.3) is 0 Å². The van der Waals surface area contributed by atoms with Gasteiger partial charge in [-0.25, -0.2) is 0 Å². The van der Waals surface area contributed by atoms with Crippen LogP contribution in [0.4, 0.5) is 0 Å². The van der Waals surface area contributed by atoms with Crippen LogP contribution in [0.15, 0.2) is 42.5 Å². The smallest absolute Gasteiger partial charge is 0.161 e. The summed E-state index contributed by atoms with van der Waals surface area (Å²) in [5.74, 6) is 2.20. The number of benzene rings is 2. The van der Waals surface area contributed by atoms with Gasteiger partial charge >= 0.3 is 0 Å². The molecule has 3 nitrogen and oxygen atoms in total. The summed E-state index contributed by atoms with van der Waals surface area (Å²) >= 11 is 12.0. The van der Waals surface area contributed by atoms with E-state index in [-0.39, 0.29) is 0 Å². The van der Waals surface area contributed by atoms with Crippen LogP contribution >= 0.6 is 23.8 Å². The van der Waals surface area contributed by atoms with Crippen LogP contribution in [0.1, 0.15) is 37.8 Å². The summed E-state index contributed by atoms with van der Waals surface area (Å²) in [6, 6.07) is 13.6. The zero-order chi connectivity index (χ0) is 19.2. The summed E-state index contributed by atoms with van der Waals surface area (Å²) in [4.78, 5) is 3.19. The van der Waals surface area contributed by atoms with Crippen molar-refractivity contribution >= 4 is 28.8 Å². The van der Waals surface area contributed by atoms with Crippen molar-refractivity contribution in [1.29, 1.82) is 0 Å². The Kier molecular flexibility index (Phi) is 6.97. The summed E-state index contributed by atoms with van der Waals surface area (Å²) in [5, 5.41) is 0.701. The Hall–Kier alpha value is -1.78. The Morgan fingerprint density at radius 2 is 1.85 bits per heavy atom. The number of likely N-dealkylation sites (tertiary alicyclic amines) is 1. The predicted octanol–water partition coefficient (Wildman–Crippen LogP) is 5.73. The fourth-order valence-corrected chi connectivity index (χ4v) is 3.69. The number of hydrogen-bond acceptors (Lipinski definition) is 3. The molecule has 144 valence electrons. The second-order valence-corrected chi connectivity index (χ2v) is 7.74. The molecule has 1 aliphatic heterocycles. The average Bonchev–Trinajstić information content (AvgIpc) is 2.68. The van der Waals surface area contributed by atoms with Crippen molar-refractivity contribution in [3.05, 3.63) is 58.6 Å². The van der Waals surface area contributed by atoms with E-state index in [1.54, 1.807) is 0 Å². The number of halogens is 1. The molecule has 2 aromatic carbocycles. The number of rotatable bonds is 6. The molecule has 2 aromatic rings. The molecule has 0 unspecified atom stereocenters. The van der Waals surface area contributed by atoms with Crippen LogP contribution in [0.5, 0.6) is 11.5 Å². The molecule has 0 aromatic heterocycles. The number of nitrogens with zero attached hydrogens (tertiary/aromatic N) is 1. The fourth-order valence-electron chi connectivity index (χ4n) is 3.19. The normalized spacial score (nSPS) is 14.9. The van der Waals surface area contributed by atoms with Gasteiger partial charge in [0.05, 0.1) is 6.61 Å². The highest BCUT2D eigenvalue weighted by Gasteiger charge is 2.20. The summed E-state index contributed by atoms with van der Waals surface area (Å²) < 4.78 is 11.8. The van der Waals surface area contributed by atoms with Crippen molar-refractivity contribution in [1.82, 2.24) is 4.90 Å². The zero-order valence-corrected chi connectivity index (χ0v) is 17.5. The lowest BCUT2D eigenvalue weighted by Crippen LogP contribution is -2.37. The molecular formula is C22H26ClNO2S. The minimum absolute atomic E-state index is 0.396. The van der Waals surface area contributed by atoms with E-state index in [1.165, 1.54) is 12.8 Å².